The van der Waals surface area contributed by atoms with E-state index < -0.39 is 0 Å². The summed E-state index contributed by atoms with van der Waals surface area (Å²) in [5, 5.41) is 5.64. The molecule has 1 aromatic carbocycles. The van der Waals surface area contributed by atoms with Gasteiger partial charge < -0.3 is 10.6 Å². The van der Waals surface area contributed by atoms with Gasteiger partial charge in [-0.05, 0) is 24.3 Å². The Kier molecular flexibility index (Phi) is 8.17. The quantitative estimate of drug-likeness (QED) is 0.686. The second-order valence-corrected chi connectivity index (χ2v) is 5.65. The maximum Gasteiger partial charge on any atom is 0.224 e. The lowest BCUT2D eigenvalue weighted by molar-refractivity contribution is -0.122. The summed E-state index contributed by atoms with van der Waals surface area (Å²) < 4.78 is 0. The minimum absolute atomic E-state index is 0.00114. The first-order valence-electron chi connectivity index (χ1n) is 7.65. The Morgan fingerprint density at radius 2 is 1.67 bits per heavy atom. The van der Waals surface area contributed by atoms with Crippen molar-refractivity contribution in [3.63, 3.8) is 0 Å². The first-order valence-corrected chi connectivity index (χ1v) is 7.65. The van der Waals surface area contributed by atoms with Crippen LogP contribution in [0.15, 0.2) is 30.3 Å². The lowest BCUT2D eigenvalue weighted by atomic mass is 10.1. The van der Waals surface area contributed by atoms with Crippen LogP contribution in [0.3, 0.4) is 0 Å². The molecule has 0 heterocycles. The van der Waals surface area contributed by atoms with Gasteiger partial charge in [-0.25, -0.2) is 0 Å². The van der Waals surface area contributed by atoms with Crippen LogP contribution in [0.4, 0.5) is 0 Å². The molecule has 0 aliphatic carbocycles. The zero-order chi connectivity index (χ0) is 15.5. The second-order valence-electron chi connectivity index (χ2n) is 5.65. The van der Waals surface area contributed by atoms with Crippen LogP contribution in [0, 0.1) is 5.92 Å². The number of amides is 2. The highest BCUT2D eigenvalue weighted by Crippen LogP contribution is 2.01. The molecule has 4 nitrogen and oxygen atoms in total. The highest BCUT2D eigenvalue weighted by Gasteiger charge is 2.05. The zero-order valence-corrected chi connectivity index (χ0v) is 13.0. The van der Waals surface area contributed by atoms with E-state index in [1.807, 2.05) is 30.3 Å². The number of nitrogens with one attached hydrogen (secondary N) is 2. The van der Waals surface area contributed by atoms with Gasteiger partial charge in [0.2, 0.25) is 11.8 Å². The van der Waals surface area contributed by atoms with Crippen molar-refractivity contribution in [2.24, 2.45) is 5.92 Å². The second kappa shape index (κ2) is 9.97. The summed E-state index contributed by atoms with van der Waals surface area (Å²) in [6.45, 7) is 5.45. The van der Waals surface area contributed by atoms with Crippen LogP contribution in [0.2, 0.25) is 0 Å². The molecule has 2 N–H and O–H groups in total. The molecule has 0 radical (unpaired) electrons. The number of carbonyl (C=O) groups is 2. The van der Waals surface area contributed by atoms with E-state index in [1.54, 1.807) is 0 Å². The third kappa shape index (κ3) is 8.84. The van der Waals surface area contributed by atoms with Gasteiger partial charge in [-0.1, -0.05) is 44.2 Å². The van der Waals surface area contributed by atoms with E-state index in [2.05, 4.69) is 24.5 Å². The standard InChI is InChI=1S/C17H26N2O2/c1-14(2)7-6-11-18-16(20)10-12-19-17(21)13-15-8-4-3-5-9-15/h3-5,8-9,14H,6-7,10-13H2,1-2H3,(H,18,20)(H,19,21). The topological polar surface area (TPSA) is 58.2 Å². The Morgan fingerprint density at radius 3 is 2.33 bits per heavy atom. The van der Waals surface area contributed by atoms with Gasteiger partial charge in [-0.3, -0.25) is 9.59 Å². The third-order valence-electron chi connectivity index (χ3n) is 3.16. The first-order chi connectivity index (χ1) is 10.1. The fraction of sp³-hybridized carbons (Fsp3) is 0.529. The normalized spacial score (nSPS) is 10.4. The van der Waals surface area contributed by atoms with Crippen LogP contribution >= 0.6 is 0 Å². The van der Waals surface area contributed by atoms with Crippen LogP contribution in [-0.2, 0) is 16.0 Å². The molecule has 21 heavy (non-hydrogen) atoms. The average Bonchev–Trinajstić information content (AvgIpc) is 2.44. The predicted octanol–water partition coefficient (Wildman–Crippen LogP) is 2.29. The molecule has 0 spiro atoms. The highest BCUT2D eigenvalue weighted by molar-refractivity contribution is 5.80. The van der Waals surface area contributed by atoms with Crippen molar-refractivity contribution >= 4 is 11.8 Å². The van der Waals surface area contributed by atoms with Crippen molar-refractivity contribution in [1.29, 1.82) is 0 Å². The van der Waals surface area contributed by atoms with Crippen molar-refractivity contribution < 1.29 is 9.59 Å². The number of carbonyl (C=O) groups excluding carboxylic acids is 2. The van der Waals surface area contributed by atoms with Gasteiger partial charge in [0.15, 0.2) is 0 Å². The minimum atomic E-state index is -0.0474. The molecule has 4 heteroatoms. The summed E-state index contributed by atoms with van der Waals surface area (Å²) in [6.07, 6.45) is 2.82. The Balaban J connectivity index is 2.07. The zero-order valence-electron chi connectivity index (χ0n) is 13.0. The van der Waals surface area contributed by atoms with Gasteiger partial charge in [-0.15, -0.1) is 0 Å². The van der Waals surface area contributed by atoms with Crippen LogP contribution in [0.5, 0.6) is 0 Å². The van der Waals surface area contributed by atoms with Crippen LogP contribution in [-0.4, -0.2) is 24.9 Å². The molecule has 1 rings (SSSR count). The van der Waals surface area contributed by atoms with Gasteiger partial charge in [0, 0.05) is 19.5 Å². The van der Waals surface area contributed by atoms with E-state index in [4.69, 9.17) is 0 Å². The van der Waals surface area contributed by atoms with Gasteiger partial charge in [0.05, 0.1) is 6.42 Å². The van der Waals surface area contributed by atoms with Crippen molar-refractivity contribution in [3.8, 4) is 0 Å². The lowest BCUT2D eigenvalue weighted by Gasteiger charge is -2.08. The number of hydrogen-bond donors (Lipinski definition) is 2. The van der Waals surface area contributed by atoms with Gasteiger partial charge >= 0.3 is 0 Å². The number of benzene rings is 1. The fourth-order valence-electron chi connectivity index (χ4n) is 1.99. The van der Waals surface area contributed by atoms with E-state index in [1.165, 1.54) is 0 Å². The third-order valence-corrected chi connectivity index (χ3v) is 3.16. The molecule has 0 aromatic heterocycles. The van der Waals surface area contributed by atoms with Gasteiger partial charge in [-0.2, -0.15) is 0 Å². The molecule has 0 fully saturated rings. The number of rotatable bonds is 9. The van der Waals surface area contributed by atoms with Crippen molar-refractivity contribution in [1.82, 2.24) is 10.6 Å². The van der Waals surface area contributed by atoms with Crippen LogP contribution in [0.1, 0.15) is 38.7 Å². The summed E-state index contributed by atoms with van der Waals surface area (Å²) in [5.41, 5.74) is 0.980. The molecule has 0 atom stereocenters. The Hall–Kier alpha value is -1.84. The molecule has 2 amide bonds. The summed E-state index contributed by atoms with van der Waals surface area (Å²) in [7, 11) is 0. The summed E-state index contributed by atoms with van der Waals surface area (Å²) in [6, 6.07) is 9.58. The van der Waals surface area contributed by atoms with E-state index in [-0.39, 0.29) is 11.8 Å². The SMILES string of the molecule is CC(C)CCCNC(=O)CCNC(=O)Cc1ccccc1. The molecule has 0 saturated carbocycles. The average molecular weight is 290 g/mol. The van der Waals surface area contributed by atoms with Crippen molar-refractivity contribution in [3.05, 3.63) is 35.9 Å². The smallest absolute Gasteiger partial charge is 0.224 e. The summed E-state index contributed by atoms with van der Waals surface area (Å²) in [5.74, 6) is 0.617. The van der Waals surface area contributed by atoms with E-state index in [9.17, 15) is 9.59 Å². The Morgan fingerprint density at radius 1 is 1.00 bits per heavy atom. The monoisotopic (exact) mass is 290 g/mol. The molecule has 0 aliphatic rings. The maximum absolute atomic E-state index is 11.7. The molecular formula is C17H26N2O2. The largest absolute Gasteiger partial charge is 0.356 e. The molecule has 0 unspecified atom stereocenters. The Bertz CT molecular complexity index is 430. The molecule has 1 aromatic rings. The summed E-state index contributed by atoms with van der Waals surface area (Å²) in [4.78, 5) is 23.3. The molecular weight excluding hydrogens is 264 g/mol. The van der Waals surface area contributed by atoms with Gasteiger partial charge in [0.1, 0.15) is 0 Å². The predicted molar refractivity (Wildman–Crippen MR) is 84.9 cm³/mol. The lowest BCUT2D eigenvalue weighted by Crippen LogP contribution is -2.31. The molecule has 0 bridgehead atoms. The molecule has 0 saturated heterocycles. The van der Waals surface area contributed by atoms with Crippen LogP contribution in [0.25, 0.3) is 0 Å². The van der Waals surface area contributed by atoms with Crippen molar-refractivity contribution in [2.45, 2.75) is 39.5 Å². The first kappa shape index (κ1) is 17.2. The van der Waals surface area contributed by atoms with Crippen molar-refractivity contribution in [2.75, 3.05) is 13.1 Å². The van der Waals surface area contributed by atoms with E-state index >= 15 is 0 Å². The number of hydrogen-bond acceptors (Lipinski definition) is 2. The Labute approximate surface area is 127 Å². The fourth-order valence-corrected chi connectivity index (χ4v) is 1.99. The minimum Gasteiger partial charge on any atom is -0.356 e. The van der Waals surface area contributed by atoms with E-state index in [0.29, 0.717) is 25.3 Å². The summed E-state index contributed by atoms with van der Waals surface area (Å²) >= 11 is 0. The molecule has 116 valence electrons. The van der Waals surface area contributed by atoms with E-state index in [0.717, 1.165) is 24.9 Å². The molecule has 0 aliphatic heterocycles. The van der Waals surface area contributed by atoms with Gasteiger partial charge in [0.25, 0.3) is 0 Å². The highest BCUT2D eigenvalue weighted by atomic mass is 16.2. The maximum atomic E-state index is 11.7. The van der Waals surface area contributed by atoms with Crippen LogP contribution < -0.4 is 10.6 Å².